The molecule has 0 aliphatic rings. The molecule has 8 heteroatoms. The van der Waals surface area contributed by atoms with Crippen LogP contribution in [-0.2, 0) is 19.6 Å². The van der Waals surface area contributed by atoms with E-state index in [2.05, 4.69) is 5.32 Å². The average Bonchev–Trinajstić information content (AvgIpc) is 2.34. The van der Waals surface area contributed by atoms with Gasteiger partial charge in [-0.05, 0) is 6.42 Å². The number of rotatable bonds is 10. The average molecular weight is 308 g/mol. The van der Waals surface area contributed by atoms with E-state index in [0.717, 1.165) is 6.42 Å². The van der Waals surface area contributed by atoms with Crippen LogP contribution in [0.5, 0.6) is 0 Å². The van der Waals surface area contributed by atoms with Gasteiger partial charge in [-0.25, -0.2) is 17.5 Å². The molecule has 0 rings (SSSR count). The third-order valence-electron chi connectivity index (χ3n) is 2.89. The number of aliphatic carboxylic acids is 1. The first-order chi connectivity index (χ1) is 9.28. The van der Waals surface area contributed by atoms with E-state index in [1.165, 1.54) is 4.31 Å². The van der Waals surface area contributed by atoms with Crippen molar-refractivity contribution in [3.8, 4) is 0 Å². The van der Waals surface area contributed by atoms with E-state index in [0.29, 0.717) is 12.8 Å². The molecule has 0 aliphatic heterocycles. The first-order valence-electron chi connectivity index (χ1n) is 6.78. The number of unbranched alkanes of at least 4 members (excludes halogenated alkanes) is 1. The Labute approximate surface area is 120 Å². The third kappa shape index (κ3) is 6.33. The van der Waals surface area contributed by atoms with Gasteiger partial charge in [0.25, 0.3) is 0 Å². The number of hydrogen-bond acceptors (Lipinski definition) is 4. The molecule has 0 aromatic carbocycles. The lowest BCUT2D eigenvalue weighted by Crippen LogP contribution is -2.45. The zero-order chi connectivity index (χ0) is 15.8. The minimum Gasteiger partial charge on any atom is -0.480 e. The number of nitrogens with zero attached hydrogens (tertiary/aromatic N) is 1. The van der Waals surface area contributed by atoms with E-state index in [-0.39, 0.29) is 13.1 Å². The van der Waals surface area contributed by atoms with Gasteiger partial charge in [0, 0.05) is 13.1 Å². The highest BCUT2D eigenvalue weighted by Crippen LogP contribution is 2.03. The van der Waals surface area contributed by atoms with Crippen LogP contribution in [0.2, 0.25) is 0 Å². The number of nitrogens with one attached hydrogen (secondary N) is 1. The van der Waals surface area contributed by atoms with Gasteiger partial charge in [0.15, 0.2) is 0 Å². The summed E-state index contributed by atoms with van der Waals surface area (Å²) in [7, 11) is -3.69. The van der Waals surface area contributed by atoms with Crippen LogP contribution in [0.25, 0.3) is 0 Å². The van der Waals surface area contributed by atoms with E-state index in [4.69, 9.17) is 5.11 Å². The summed E-state index contributed by atoms with van der Waals surface area (Å²) in [5, 5.41) is 11.2. The van der Waals surface area contributed by atoms with Crippen LogP contribution in [0.1, 0.15) is 40.0 Å². The van der Waals surface area contributed by atoms with Crippen LogP contribution in [-0.4, -0.2) is 54.6 Å². The van der Waals surface area contributed by atoms with Gasteiger partial charge in [-0.15, -0.1) is 0 Å². The molecule has 118 valence electrons. The minimum absolute atomic E-state index is 0.282. The lowest BCUT2D eigenvalue weighted by Gasteiger charge is -2.19. The second-order valence-corrected chi connectivity index (χ2v) is 6.41. The lowest BCUT2D eigenvalue weighted by atomic mass is 10.1. The molecule has 0 spiro atoms. The maximum absolute atomic E-state index is 11.9. The molecule has 2 N–H and O–H groups in total. The molecule has 20 heavy (non-hydrogen) atoms. The highest BCUT2D eigenvalue weighted by molar-refractivity contribution is 7.89. The van der Waals surface area contributed by atoms with E-state index in [9.17, 15) is 18.0 Å². The molecule has 0 heterocycles. The first-order valence-corrected chi connectivity index (χ1v) is 8.39. The SMILES string of the molecule is CCCCC(NC(=O)CS(=O)(=O)N(CC)CC)C(=O)O. The summed E-state index contributed by atoms with van der Waals surface area (Å²) < 4.78 is 24.9. The van der Waals surface area contributed by atoms with Crippen molar-refractivity contribution in [1.29, 1.82) is 0 Å². The standard InChI is InChI=1S/C12H24N2O5S/c1-4-7-8-10(12(16)17)13-11(15)9-20(18,19)14(5-2)6-3/h10H,4-9H2,1-3H3,(H,13,15)(H,16,17). The molecule has 7 nitrogen and oxygen atoms in total. The molecule has 1 unspecified atom stereocenters. The predicted octanol–water partition coefficient (Wildman–Crippen LogP) is 0.418. The van der Waals surface area contributed by atoms with E-state index < -0.39 is 33.7 Å². The Bertz CT molecular complexity index is 418. The number of carbonyl (C=O) groups excluding carboxylic acids is 1. The second kappa shape index (κ2) is 8.91. The molecule has 0 aliphatic carbocycles. The second-order valence-electron chi connectivity index (χ2n) is 4.44. The zero-order valence-corrected chi connectivity index (χ0v) is 13.1. The third-order valence-corrected chi connectivity index (χ3v) is 4.82. The first kappa shape index (κ1) is 18.9. The van der Waals surface area contributed by atoms with Crippen molar-refractivity contribution in [2.24, 2.45) is 0 Å². The monoisotopic (exact) mass is 308 g/mol. The molecule has 0 aromatic heterocycles. The van der Waals surface area contributed by atoms with Crippen molar-refractivity contribution in [1.82, 2.24) is 9.62 Å². The molecule has 1 amide bonds. The van der Waals surface area contributed by atoms with Gasteiger partial charge in [0.2, 0.25) is 15.9 Å². The van der Waals surface area contributed by atoms with Crippen molar-refractivity contribution in [2.75, 3.05) is 18.8 Å². The Kier molecular flexibility index (Phi) is 8.40. The quantitative estimate of drug-likeness (QED) is 0.608. The molecular weight excluding hydrogens is 284 g/mol. The Morgan fingerprint density at radius 2 is 1.75 bits per heavy atom. The Hall–Kier alpha value is -1.15. The molecular formula is C12H24N2O5S. The van der Waals surface area contributed by atoms with E-state index in [1.807, 2.05) is 6.92 Å². The van der Waals surface area contributed by atoms with Gasteiger partial charge in [-0.1, -0.05) is 33.6 Å². The highest BCUT2D eigenvalue weighted by Gasteiger charge is 2.26. The summed E-state index contributed by atoms with van der Waals surface area (Å²) in [6.07, 6.45) is 1.75. The Morgan fingerprint density at radius 1 is 1.20 bits per heavy atom. The largest absolute Gasteiger partial charge is 0.480 e. The van der Waals surface area contributed by atoms with Gasteiger partial charge in [0.1, 0.15) is 11.8 Å². The minimum atomic E-state index is -3.69. The fourth-order valence-electron chi connectivity index (χ4n) is 1.78. The molecule has 0 saturated carbocycles. The van der Waals surface area contributed by atoms with E-state index in [1.54, 1.807) is 13.8 Å². The van der Waals surface area contributed by atoms with Gasteiger partial charge in [0.05, 0.1) is 0 Å². The molecule has 1 atom stereocenters. The number of amides is 1. The number of sulfonamides is 1. The van der Waals surface area contributed by atoms with Crippen LogP contribution in [0.3, 0.4) is 0 Å². The number of carbonyl (C=O) groups is 2. The van der Waals surface area contributed by atoms with Crippen molar-refractivity contribution < 1.29 is 23.1 Å². The summed E-state index contributed by atoms with van der Waals surface area (Å²) in [5.74, 6) is -2.64. The van der Waals surface area contributed by atoms with Crippen LogP contribution in [0.4, 0.5) is 0 Å². The Morgan fingerprint density at radius 3 is 2.15 bits per heavy atom. The van der Waals surface area contributed by atoms with Crippen LogP contribution in [0.15, 0.2) is 0 Å². The van der Waals surface area contributed by atoms with E-state index >= 15 is 0 Å². The normalized spacial score (nSPS) is 13.2. The van der Waals surface area contributed by atoms with Crippen molar-refractivity contribution in [2.45, 2.75) is 46.1 Å². The number of carboxylic acids is 1. The van der Waals surface area contributed by atoms with Crippen molar-refractivity contribution >= 4 is 21.9 Å². The summed E-state index contributed by atoms with van der Waals surface area (Å²) in [4.78, 5) is 22.7. The zero-order valence-electron chi connectivity index (χ0n) is 12.3. The summed E-state index contributed by atoms with van der Waals surface area (Å²) in [6.45, 7) is 5.83. The van der Waals surface area contributed by atoms with Crippen LogP contribution < -0.4 is 5.32 Å². The van der Waals surface area contributed by atoms with Gasteiger partial charge in [-0.3, -0.25) is 4.79 Å². The number of hydrogen-bond donors (Lipinski definition) is 2. The fraction of sp³-hybridized carbons (Fsp3) is 0.833. The molecule has 0 fully saturated rings. The smallest absolute Gasteiger partial charge is 0.326 e. The highest BCUT2D eigenvalue weighted by atomic mass is 32.2. The predicted molar refractivity (Wildman–Crippen MR) is 75.8 cm³/mol. The molecule has 0 bridgehead atoms. The fourth-order valence-corrected chi connectivity index (χ4v) is 3.16. The van der Waals surface area contributed by atoms with Gasteiger partial charge < -0.3 is 10.4 Å². The van der Waals surface area contributed by atoms with Crippen molar-refractivity contribution in [3.05, 3.63) is 0 Å². The maximum atomic E-state index is 11.9. The summed E-state index contributed by atoms with van der Waals surface area (Å²) >= 11 is 0. The lowest BCUT2D eigenvalue weighted by molar-refractivity contribution is -0.141. The summed E-state index contributed by atoms with van der Waals surface area (Å²) in [5.41, 5.74) is 0. The van der Waals surface area contributed by atoms with Crippen molar-refractivity contribution in [3.63, 3.8) is 0 Å². The molecule has 0 radical (unpaired) electrons. The van der Waals surface area contributed by atoms with Crippen LogP contribution >= 0.6 is 0 Å². The summed E-state index contributed by atoms with van der Waals surface area (Å²) in [6, 6.07) is -1.03. The topological polar surface area (TPSA) is 104 Å². The number of carboxylic acid groups (broad SMARTS) is 1. The van der Waals surface area contributed by atoms with Gasteiger partial charge in [-0.2, -0.15) is 0 Å². The molecule has 0 aromatic rings. The maximum Gasteiger partial charge on any atom is 0.326 e. The van der Waals surface area contributed by atoms with Crippen LogP contribution in [0, 0.1) is 0 Å². The Balaban J connectivity index is 4.63. The van der Waals surface area contributed by atoms with Gasteiger partial charge >= 0.3 is 5.97 Å². The molecule has 0 saturated heterocycles.